The van der Waals surface area contributed by atoms with Crippen LogP contribution in [0.3, 0.4) is 0 Å². The Kier molecular flexibility index (Phi) is 7.95. The summed E-state index contributed by atoms with van der Waals surface area (Å²) >= 11 is 0. The molecule has 9 heteroatoms. The van der Waals surface area contributed by atoms with E-state index >= 15 is 0 Å². The van der Waals surface area contributed by atoms with Crippen LogP contribution in [0.1, 0.15) is 86.0 Å². The van der Waals surface area contributed by atoms with Crippen molar-refractivity contribution in [2.45, 2.75) is 97.7 Å². The minimum Gasteiger partial charge on any atom is -0.481 e. The van der Waals surface area contributed by atoms with Crippen molar-refractivity contribution >= 4 is 29.5 Å². The molecule has 2 N–H and O–H groups in total. The molecule has 0 amide bonds. The van der Waals surface area contributed by atoms with Crippen molar-refractivity contribution in [1.82, 2.24) is 0 Å². The number of esters is 2. The highest BCUT2D eigenvalue weighted by atomic mass is 16.5. The van der Waals surface area contributed by atoms with Crippen molar-refractivity contribution in [2.75, 3.05) is 6.61 Å². The summed E-state index contributed by atoms with van der Waals surface area (Å²) in [6.45, 7) is 9.20. The summed E-state index contributed by atoms with van der Waals surface area (Å²) in [5.74, 6) is -3.10. The highest BCUT2D eigenvalue weighted by molar-refractivity contribution is 6.01. The van der Waals surface area contributed by atoms with Gasteiger partial charge in [0.1, 0.15) is 11.7 Å². The third kappa shape index (κ3) is 5.41. The summed E-state index contributed by atoms with van der Waals surface area (Å²) in [5, 5.41) is 20.7. The smallest absolute Gasteiger partial charge is 0.306 e. The van der Waals surface area contributed by atoms with Gasteiger partial charge >= 0.3 is 17.9 Å². The minimum atomic E-state index is -1.79. The van der Waals surface area contributed by atoms with E-state index in [0.29, 0.717) is 12.8 Å². The Hall–Kier alpha value is -2.81. The van der Waals surface area contributed by atoms with E-state index in [-0.39, 0.29) is 60.6 Å². The number of ketones is 2. The van der Waals surface area contributed by atoms with E-state index < -0.39 is 53.3 Å². The molecule has 0 spiro atoms. The molecule has 0 aromatic rings. The zero-order valence-corrected chi connectivity index (χ0v) is 24.2. The van der Waals surface area contributed by atoms with Gasteiger partial charge in [-0.15, -0.1) is 0 Å². The molecule has 0 aromatic heterocycles. The number of aliphatic hydroxyl groups is 1. The Morgan fingerprint density at radius 2 is 1.77 bits per heavy atom. The highest BCUT2D eigenvalue weighted by Gasteiger charge is 2.69. The number of Topliss-reactive ketones (excluding diaryl/α,β-unsaturated/α-hetero) is 1. The van der Waals surface area contributed by atoms with E-state index in [2.05, 4.69) is 6.92 Å². The largest absolute Gasteiger partial charge is 0.481 e. The molecule has 0 radical (unpaired) electrons. The van der Waals surface area contributed by atoms with Gasteiger partial charge in [-0.2, -0.15) is 0 Å². The first kappa shape index (κ1) is 30.2. The Morgan fingerprint density at radius 3 is 2.42 bits per heavy atom. The van der Waals surface area contributed by atoms with E-state index in [1.54, 1.807) is 12.2 Å². The third-order valence-corrected chi connectivity index (χ3v) is 9.95. The standard InChI is InChI=1S/C31H42O9/c1-28(2,3)16-26(37)40-22-15-30(5)21(20-7-6-18-14-19(32)10-12-29(18,4)27(20)22)11-13-31(30,38)23(33)17-39-25(36)9-8-24(34)35/h10,12,14,20-22,27,38H,6-9,11,13,15-17H2,1-5H3,(H,34,35)/t20?,21?,22-,27?,29+,30+,31+/m1/s1. The molecular formula is C31H42O9. The fourth-order valence-electron chi connectivity index (χ4n) is 8.05. The van der Waals surface area contributed by atoms with Gasteiger partial charge in [0.25, 0.3) is 0 Å². The Morgan fingerprint density at radius 1 is 1.07 bits per heavy atom. The number of carbonyl (C=O) groups excluding carboxylic acids is 4. The summed E-state index contributed by atoms with van der Waals surface area (Å²) in [7, 11) is 0. The number of allylic oxidation sites excluding steroid dienone is 4. The van der Waals surface area contributed by atoms with Crippen molar-refractivity contribution in [3.8, 4) is 0 Å². The zero-order chi connectivity index (χ0) is 29.7. The molecular weight excluding hydrogens is 516 g/mol. The molecule has 4 aliphatic carbocycles. The third-order valence-electron chi connectivity index (χ3n) is 9.95. The van der Waals surface area contributed by atoms with Gasteiger partial charge in [-0.1, -0.05) is 46.3 Å². The molecule has 3 saturated carbocycles. The van der Waals surface area contributed by atoms with Gasteiger partial charge < -0.3 is 19.7 Å². The van der Waals surface area contributed by atoms with Gasteiger partial charge in [0.15, 0.2) is 12.4 Å². The lowest BCUT2D eigenvalue weighted by Gasteiger charge is -2.60. The first-order valence-electron chi connectivity index (χ1n) is 14.3. The van der Waals surface area contributed by atoms with Crippen LogP contribution in [-0.2, 0) is 33.4 Å². The molecule has 40 heavy (non-hydrogen) atoms. The Bertz CT molecular complexity index is 1160. The summed E-state index contributed by atoms with van der Waals surface area (Å²) < 4.78 is 11.3. The maximum Gasteiger partial charge on any atom is 0.306 e. The number of carboxylic acid groups (broad SMARTS) is 1. The average Bonchev–Trinajstić information content (AvgIpc) is 3.11. The molecule has 220 valence electrons. The van der Waals surface area contributed by atoms with Crippen LogP contribution in [0.25, 0.3) is 0 Å². The van der Waals surface area contributed by atoms with E-state index in [9.17, 15) is 29.1 Å². The molecule has 0 aliphatic heterocycles. The topological polar surface area (TPSA) is 144 Å². The van der Waals surface area contributed by atoms with Gasteiger partial charge in [-0.05, 0) is 61.5 Å². The van der Waals surface area contributed by atoms with Crippen LogP contribution in [-0.4, -0.2) is 58.0 Å². The van der Waals surface area contributed by atoms with Crippen LogP contribution in [0, 0.1) is 34.0 Å². The molecule has 9 nitrogen and oxygen atoms in total. The molecule has 0 heterocycles. The number of carbonyl (C=O) groups is 5. The fourth-order valence-corrected chi connectivity index (χ4v) is 8.05. The molecule has 4 aliphatic rings. The number of carboxylic acids is 1. The molecule has 0 bridgehead atoms. The average molecular weight is 559 g/mol. The maximum absolute atomic E-state index is 13.5. The molecule has 3 unspecified atom stereocenters. The number of rotatable bonds is 8. The minimum absolute atomic E-state index is 0.0335. The predicted octanol–water partition coefficient (Wildman–Crippen LogP) is 3.96. The van der Waals surface area contributed by atoms with Crippen LogP contribution in [0.15, 0.2) is 23.8 Å². The van der Waals surface area contributed by atoms with Crippen molar-refractivity contribution in [3.05, 3.63) is 23.8 Å². The van der Waals surface area contributed by atoms with Gasteiger partial charge in [0.2, 0.25) is 5.78 Å². The van der Waals surface area contributed by atoms with Crippen LogP contribution >= 0.6 is 0 Å². The van der Waals surface area contributed by atoms with Gasteiger partial charge in [0, 0.05) is 16.7 Å². The van der Waals surface area contributed by atoms with E-state index in [1.807, 2.05) is 33.8 Å². The molecule has 7 atom stereocenters. The first-order valence-corrected chi connectivity index (χ1v) is 14.3. The number of aliphatic carboxylic acids is 1. The van der Waals surface area contributed by atoms with E-state index in [1.165, 1.54) is 0 Å². The number of hydrogen-bond donors (Lipinski definition) is 2. The molecule has 0 saturated heterocycles. The van der Waals surface area contributed by atoms with Gasteiger partial charge in [-0.3, -0.25) is 24.0 Å². The zero-order valence-electron chi connectivity index (χ0n) is 24.2. The van der Waals surface area contributed by atoms with Gasteiger partial charge in [0.05, 0.1) is 19.3 Å². The van der Waals surface area contributed by atoms with Crippen LogP contribution in [0.4, 0.5) is 0 Å². The van der Waals surface area contributed by atoms with Crippen LogP contribution in [0.2, 0.25) is 0 Å². The van der Waals surface area contributed by atoms with Crippen molar-refractivity contribution < 1.29 is 43.7 Å². The maximum atomic E-state index is 13.5. The Labute approximate surface area is 235 Å². The van der Waals surface area contributed by atoms with Crippen LogP contribution in [0.5, 0.6) is 0 Å². The van der Waals surface area contributed by atoms with Gasteiger partial charge in [-0.25, -0.2) is 0 Å². The summed E-state index contributed by atoms with van der Waals surface area (Å²) in [6, 6.07) is 0. The summed E-state index contributed by atoms with van der Waals surface area (Å²) in [4.78, 5) is 61.6. The first-order chi connectivity index (χ1) is 18.5. The normalized spacial score (nSPS) is 36.5. The second kappa shape index (κ2) is 10.5. The highest BCUT2D eigenvalue weighted by Crippen LogP contribution is 2.67. The van der Waals surface area contributed by atoms with Crippen molar-refractivity contribution in [2.24, 2.45) is 34.0 Å². The summed E-state index contributed by atoms with van der Waals surface area (Å²) in [5.41, 5.74) is -2.48. The van der Waals surface area contributed by atoms with E-state index in [0.717, 1.165) is 12.0 Å². The second-order valence-corrected chi connectivity index (χ2v) is 13.8. The van der Waals surface area contributed by atoms with Crippen molar-refractivity contribution in [1.29, 1.82) is 0 Å². The SMILES string of the molecule is CC(C)(C)CC(=O)O[C@@H]1C[C@@]2(C)C(CC[C@]2(O)C(=O)COC(=O)CCC(=O)O)C2CCC3=CC(=O)C=C[C@]3(C)C21. The van der Waals surface area contributed by atoms with Crippen LogP contribution < -0.4 is 0 Å². The quantitative estimate of drug-likeness (QED) is 0.423. The molecule has 3 fully saturated rings. The van der Waals surface area contributed by atoms with Crippen molar-refractivity contribution in [3.63, 3.8) is 0 Å². The monoisotopic (exact) mass is 558 g/mol. The fraction of sp³-hybridized carbons (Fsp3) is 0.710. The lowest BCUT2D eigenvalue weighted by atomic mass is 9.46. The Balaban J connectivity index is 1.64. The number of ether oxygens (including phenoxy) is 2. The molecule has 4 rings (SSSR count). The lowest BCUT2D eigenvalue weighted by Crippen LogP contribution is -2.62. The summed E-state index contributed by atoms with van der Waals surface area (Å²) in [6.07, 6.45) is 6.57. The molecule has 0 aromatic carbocycles. The number of fused-ring (bicyclic) bond motifs is 5. The number of hydrogen-bond acceptors (Lipinski definition) is 8. The van der Waals surface area contributed by atoms with E-state index in [4.69, 9.17) is 14.6 Å². The second-order valence-electron chi connectivity index (χ2n) is 13.8. The lowest BCUT2D eigenvalue weighted by molar-refractivity contribution is -0.194. The predicted molar refractivity (Wildman–Crippen MR) is 144 cm³/mol.